The summed E-state index contributed by atoms with van der Waals surface area (Å²) in [4.78, 5) is 94.0. The molecule has 4 fully saturated rings. The van der Waals surface area contributed by atoms with Crippen LogP contribution >= 0.6 is 0 Å². The molecule has 2 saturated carbocycles. The van der Waals surface area contributed by atoms with Crippen LogP contribution in [-0.4, -0.2) is 112 Å². The summed E-state index contributed by atoms with van der Waals surface area (Å²) in [5.74, 6) is -10.5. The van der Waals surface area contributed by atoms with E-state index in [1.54, 1.807) is 0 Å². The van der Waals surface area contributed by atoms with E-state index in [-0.39, 0.29) is 22.3 Å². The van der Waals surface area contributed by atoms with Crippen molar-refractivity contribution in [3.8, 4) is 22.6 Å². The minimum Gasteiger partial charge on any atom is -0.507 e. The van der Waals surface area contributed by atoms with E-state index in [1.165, 1.54) is 45.9 Å². The first kappa shape index (κ1) is 36.1. The SMILES string of the molecule is CC(=O)OC(C)[C@H]1[C@@](C)(O)CC(=O)[C@]23O[C@]12C(=O)c1ccc(-c2ccc4c(c2O)C(=O)[C@@]25O[C@]2(C4=O)[C@@H]([C@@H](C)OC(C)=O)[C@@](C)(O)CC5=O)c(O)c1[C@H]3O. The molecule has 2 aliphatic heterocycles. The van der Waals surface area contributed by atoms with Gasteiger partial charge in [-0.25, -0.2) is 0 Å². The number of fused-ring (bicyclic) bond motifs is 2. The largest absolute Gasteiger partial charge is 0.507 e. The molecule has 284 valence electrons. The molecule has 11 atom stereocenters. The number of phenolic OH excluding ortho intramolecular Hbond substituents is 2. The molecule has 2 aromatic rings. The van der Waals surface area contributed by atoms with Gasteiger partial charge in [0.05, 0.1) is 28.6 Å². The van der Waals surface area contributed by atoms with Crippen LogP contribution in [0.15, 0.2) is 24.3 Å². The Balaban J connectivity index is 1.24. The van der Waals surface area contributed by atoms with Gasteiger partial charge in [0.2, 0.25) is 11.4 Å². The fourth-order valence-electron chi connectivity index (χ4n) is 10.6. The Morgan fingerprint density at radius 3 is 1.70 bits per heavy atom. The van der Waals surface area contributed by atoms with Gasteiger partial charge in [-0.05, 0) is 45.9 Å². The maximum absolute atomic E-state index is 14.3. The molecule has 54 heavy (non-hydrogen) atoms. The van der Waals surface area contributed by atoms with Gasteiger partial charge in [-0.1, -0.05) is 6.07 Å². The Morgan fingerprint density at radius 2 is 1.15 bits per heavy atom. The highest BCUT2D eigenvalue weighted by Crippen LogP contribution is 2.71. The molecule has 2 aromatic carbocycles. The van der Waals surface area contributed by atoms with E-state index < -0.39 is 140 Å². The van der Waals surface area contributed by atoms with Crippen LogP contribution in [0.25, 0.3) is 11.1 Å². The number of carbonyl (C=O) groups excluding carboxylic acids is 7. The van der Waals surface area contributed by atoms with Gasteiger partial charge < -0.3 is 44.5 Å². The van der Waals surface area contributed by atoms with Crippen LogP contribution < -0.4 is 0 Å². The van der Waals surface area contributed by atoms with Crippen molar-refractivity contribution >= 4 is 40.9 Å². The normalized spacial score (nSPS) is 39.5. The monoisotopic (exact) mass is 748 g/mol. The first-order chi connectivity index (χ1) is 25.0. The zero-order valence-electron chi connectivity index (χ0n) is 29.8. The number of ketones is 5. The summed E-state index contributed by atoms with van der Waals surface area (Å²) in [6.07, 6.45) is -5.63. The van der Waals surface area contributed by atoms with Gasteiger partial charge in [0.25, 0.3) is 0 Å². The highest BCUT2D eigenvalue weighted by Gasteiger charge is 2.92. The number of esters is 2. The van der Waals surface area contributed by atoms with Crippen LogP contribution in [0.4, 0.5) is 0 Å². The fraction of sp³-hybridized carbons (Fsp3) is 0.500. The molecule has 2 heterocycles. The summed E-state index contributed by atoms with van der Waals surface area (Å²) in [5.41, 5.74) is -15.3. The number of phenols is 2. The van der Waals surface area contributed by atoms with Crippen LogP contribution in [0.5, 0.6) is 11.5 Å². The average molecular weight is 749 g/mol. The van der Waals surface area contributed by atoms with Crippen molar-refractivity contribution in [2.45, 2.75) is 106 Å². The third kappa shape index (κ3) is 3.86. The van der Waals surface area contributed by atoms with Gasteiger partial charge in [0.15, 0.2) is 39.9 Å². The highest BCUT2D eigenvalue weighted by molar-refractivity contribution is 6.36. The van der Waals surface area contributed by atoms with Crippen LogP contribution in [0.2, 0.25) is 0 Å². The summed E-state index contributed by atoms with van der Waals surface area (Å²) in [5, 5.41) is 58.0. The van der Waals surface area contributed by atoms with Gasteiger partial charge in [-0.3, -0.25) is 33.6 Å². The molecular weight excluding hydrogens is 712 g/mol. The van der Waals surface area contributed by atoms with Gasteiger partial charge in [-0.2, -0.15) is 0 Å². The van der Waals surface area contributed by atoms with Crippen molar-refractivity contribution in [2.75, 3.05) is 0 Å². The first-order valence-corrected chi connectivity index (χ1v) is 17.3. The van der Waals surface area contributed by atoms with E-state index in [1.807, 2.05) is 0 Å². The van der Waals surface area contributed by atoms with Crippen LogP contribution in [0.1, 0.15) is 97.1 Å². The van der Waals surface area contributed by atoms with E-state index in [2.05, 4.69) is 0 Å². The molecule has 5 N–H and O–H groups in total. The zero-order chi connectivity index (χ0) is 39.6. The fourth-order valence-corrected chi connectivity index (χ4v) is 10.6. The minimum atomic E-state index is -2.46. The number of aliphatic hydroxyl groups is 3. The predicted molar refractivity (Wildman–Crippen MR) is 176 cm³/mol. The second-order valence-corrected chi connectivity index (χ2v) is 15.8. The van der Waals surface area contributed by atoms with E-state index in [9.17, 15) is 59.1 Å². The second kappa shape index (κ2) is 10.5. The molecule has 0 spiro atoms. The Morgan fingerprint density at radius 1 is 0.685 bits per heavy atom. The summed E-state index contributed by atoms with van der Waals surface area (Å²) in [7, 11) is 0. The summed E-state index contributed by atoms with van der Waals surface area (Å²) >= 11 is 0. The molecule has 0 radical (unpaired) electrons. The van der Waals surface area contributed by atoms with Gasteiger partial charge in [0.1, 0.15) is 29.8 Å². The molecule has 4 aliphatic carbocycles. The van der Waals surface area contributed by atoms with Crippen molar-refractivity contribution < 1.29 is 78.0 Å². The summed E-state index contributed by atoms with van der Waals surface area (Å²) in [6, 6.07) is 4.69. The number of rotatable bonds is 5. The Hall–Kier alpha value is -4.87. The highest BCUT2D eigenvalue weighted by atomic mass is 16.7. The number of aliphatic hydroxyl groups excluding tert-OH is 1. The maximum Gasteiger partial charge on any atom is 0.302 e. The third-order valence-corrected chi connectivity index (χ3v) is 12.4. The molecule has 1 unspecified atom stereocenters. The Kier molecular flexibility index (Phi) is 6.99. The Labute approximate surface area is 305 Å². The number of ether oxygens (including phenoxy) is 4. The minimum absolute atomic E-state index is 0.254. The van der Waals surface area contributed by atoms with E-state index in [0.717, 1.165) is 19.9 Å². The van der Waals surface area contributed by atoms with Crippen molar-refractivity contribution in [1.82, 2.24) is 0 Å². The average Bonchev–Trinajstić information content (AvgIpc) is 3.94. The lowest BCUT2D eigenvalue weighted by molar-refractivity contribution is -0.163. The van der Waals surface area contributed by atoms with Gasteiger partial charge >= 0.3 is 11.9 Å². The van der Waals surface area contributed by atoms with Crippen LogP contribution in [-0.2, 0) is 38.1 Å². The molecule has 0 aromatic heterocycles. The third-order valence-electron chi connectivity index (χ3n) is 12.4. The molecular formula is C38H36O16. The molecule has 2 saturated heterocycles. The van der Waals surface area contributed by atoms with E-state index in [0.29, 0.717) is 0 Å². The Bertz CT molecular complexity index is 2220. The number of benzene rings is 2. The summed E-state index contributed by atoms with van der Waals surface area (Å²) in [6.45, 7) is 7.60. The number of carbonyl (C=O) groups is 7. The second-order valence-electron chi connectivity index (χ2n) is 15.8. The number of hydrogen-bond donors (Lipinski definition) is 5. The molecule has 0 bridgehead atoms. The van der Waals surface area contributed by atoms with Crippen molar-refractivity contribution in [1.29, 1.82) is 0 Å². The topological polar surface area (TPSA) is 264 Å². The first-order valence-electron chi connectivity index (χ1n) is 17.3. The van der Waals surface area contributed by atoms with Crippen molar-refractivity contribution in [3.63, 3.8) is 0 Å². The van der Waals surface area contributed by atoms with Crippen molar-refractivity contribution in [3.05, 3.63) is 46.5 Å². The molecule has 8 rings (SSSR count). The predicted octanol–water partition coefficient (Wildman–Crippen LogP) is 0.972. The molecule has 16 nitrogen and oxygen atoms in total. The standard InChI is InChI=1S/C38H36O16/c1-13(51-15(3)39)27-33(5,49)11-21(41)35-31(47)23-19(29(45)37(27,35)53-35)9-7-17(25(23)43)18-8-10-20-24(26(18)44)32(48)36-22(42)12-34(6,50)28(14(2)52-16(4)40)38(36,54-36)30(20)46/h7-10,13-14,27-28,31,43-44,47,49-50H,11-12H2,1-6H3/t13?,14-,27+,28+,31-,33+,34+,35-,36-,37+,38+/m1/s1. The smallest absolute Gasteiger partial charge is 0.302 e. The number of aromatic hydroxyl groups is 2. The lowest BCUT2D eigenvalue weighted by Crippen LogP contribution is -2.66. The maximum atomic E-state index is 14.3. The number of epoxide rings is 2. The molecule has 6 aliphatic rings. The zero-order valence-corrected chi connectivity index (χ0v) is 29.8. The van der Waals surface area contributed by atoms with Crippen LogP contribution in [0, 0.1) is 11.8 Å². The number of Topliss-reactive ketones (excluding diaryl/α,β-unsaturated/α-hetero) is 5. The lowest BCUT2D eigenvalue weighted by atomic mass is 9.55. The molecule has 0 amide bonds. The van der Waals surface area contributed by atoms with E-state index >= 15 is 0 Å². The lowest BCUT2D eigenvalue weighted by Gasteiger charge is -2.46. The molecule has 16 heteroatoms. The van der Waals surface area contributed by atoms with Crippen LogP contribution in [0.3, 0.4) is 0 Å². The van der Waals surface area contributed by atoms with E-state index in [4.69, 9.17) is 18.9 Å². The number of hydrogen-bond acceptors (Lipinski definition) is 16. The quantitative estimate of drug-likeness (QED) is 0.162. The van der Waals surface area contributed by atoms with Crippen molar-refractivity contribution in [2.24, 2.45) is 11.8 Å². The van der Waals surface area contributed by atoms with Gasteiger partial charge in [-0.15, -0.1) is 0 Å². The summed E-state index contributed by atoms with van der Waals surface area (Å²) < 4.78 is 22.4. The van der Waals surface area contributed by atoms with Gasteiger partial charge in [0, 0.05) is 54.5 Å².